The molecule has 0 amide bonds. The number of aliphatic hydroxyl groups excluding tert-OH is 1. The maximum absolute atomic E-state index is 11.9. The molecule has 0 spiro atoms. The molecule has 0 aliphatic heterocycles. The molecule has 1 N–H and O–H groups in total. The second-order valence-electron chi connectivity index (χ2n) is 1.89. The smallest absolute Gasteiger partial charge is 0.200 e. The molecule has 10 heavy (non-hydrogen) atoms. The topological polar surface area (TPSA) is 46.0 Å². The largest absolute Gasteiger partial charge is 0.364 e. The zero-order chi connectivity index (χ0) is 7.40. The van der Waals surface area contributed by atoms with E-state index in [1.807, 2.05) is 0 Å². The van der Waals surface area contributed by atoms with Crippen LogP contribution in [-0.2, 0) is 6.42 Å². The van der Waals surface area contributed by atoms with Crippen LogP contribution in [0.5, 0.6) is 0 Å². The van der Waals surface area contributed by atoms with Gasteiger partial charge in [0.15, 0.2) is 0 Å². The van der Waals surface area contributed by atoms with Gasteiger partial charge < -0.3 is 5.11 Å². The lowest BCUT2D eigenvalue weighted by Crippen LogP contribution is -2.02. The van der Waals surface area contributed by atoms with Crippen LogP contribution in [0.2, 0.25) is 0 Å². The first-order chi connectivity index (χ1) is 4.79. The number of nitrogens with zero attached hydrogens (tertiary/aromatic N) is 2. The van der Waals surface area contributed by atoms with Gasteiger partial charge in [0.05, 0.1) is 0 Å². The van der Waals surface area contributed by atoms with E-state index >= 15 is 0 Å². The van der Waals surface area contributed by atoms with Crippen molar-refractivity contribution in [2.45, 2.75) is 12.8 Å². The van der Waals surface area contributed by atoms with E-state index in [0.717, 1.165) is 0 Å². The molecule has 1 atom stereocenters. The number of aromatic nitrogens is 2. The van der Waals surface area contributed by atoms with E-state index < -0.39 is 6.36 Å². The molecule has 0 aromatic carbocycles. The maximum Gasteiger partial charge on any atom is 0.200 e. The fourth-order valence-electron chi connectivity index (χ4n) is 0.630. The van der Waals surface area contributed by atoms with Crippen molar-refractivity contribution in [1.82, 2.24) is 9.97 Å². The molecular formula is C6H7FN2O. The molecule has 1 heterocycles. The number of alkyl halides is 1. The van der Waals surface area contributed by atoms with Crippen LogP contribution < -0.4 is 0 Å². The molecule has 1 unspecified atom stereocenters. The Bertz CT molecular complexity index is 190. The summed E-state index contributed by atoms with van der Waals surface area (Å²) < 4.78 is 11.9. The fourth-order valence-corrected chi connectivity index (χ4v) is 0.630. The van der Waals surface area contributed by atoms with Crippen molar-refractivity contribution in [3.63, 3.8) is 0 Å². The summed E-state index contributed by atoms with van der Waals surface area (Å²) in [6, 6.07) is 0. The summed E-state index contributed by atoms with van der Waals surface area (Å²) in [7, 11) is 0. The Labute approximate surface area is 57.6 Å². The average molecular weight is 142 g/mol. The molecule has 1 rings (SSSR count). The lowest BCUT2D eigenvalue weighted by atomic mass is 10.2. The van der Waals surface area contributed by atoms with E-state index in [1.165, 1.54) is 18.7 Å². The molecule has 3 nitrogen and oxygen atoms in total. The third-order valence-electron chi connectivity index (χ3n) is 1.02. The number of halogens is 1. The normalized spacial score (nSPS) is 13.0. The van der Waals surface area contributed by atoms with E-state index in [-0.39, 0.29) is 6.42 Å². The first-order valence-corrected chi connectivity index (χ1v) is 2.85. The van der Waals surface area contributed by atoms with Gasteiger partial charge in [-0.2, -0.15) is 0 Å². The van der Waals surface area contributed by atoms with Crippen LogP contribution in [0.25, 0.3) is 0 Å². The van der Waals surface area contributed by atoms with Crippen molar-refractivity contribution in [2.24, 2.45) is 0 Å². The van der Waals surface area contributed by atoms with Crippen molar-refractivity contribution < 1.29 is 9.50 Å². The lowest BCUT2D eigenvalue weighted by Gasteiger charge is -1.97. The monoisotopic (exact) mass is 142 g/mol. The predicted molar refractivity (Wildman–Crippen MR) is 32.9 cm³/mol. The molecule has 1 aromatic heterocycles. The van der Waals surface area contributed by atoms with Gasteiger partial charge in [-0.25, -0.2) is 14.4 Å². The zero-order valence-corrected chi connectivity index (χ0v) is 5.24. The van der Waals surface area contributed by atoms with Crippen LogP contribution in [0.3, 0.4) is 0 Å². The number of hydrogen-bond donors (Lipinski definition) is 1. The van der Waals surface area contributed by atoms with E-state index in [2.05, 4.69) is 9.97 Å². The Morgan fingerprint density at radius 1 is 1.50 bits per heavy atom. The molecule has 0 radical (unpaired) electrons. The predicted octanol–water partition coefficient (Wildman–Crippen LogP) is 0.307. The first-order valence-electron chi connectivity index (χ1n) is 2.85. The highest BCUT2D eigenvalue weighted by Crippen LogP contribution is 1.98. The summed E-state index contributed by atoms with van der Waals surface area (Å²) in [6.07, 6.45) is 2.44. The summed E-state index contributed by atoms with van der Waals surface area (Å²) in [5.74, 6) is 0. The van der Waals surface area contributed by atoms with Gasteiger partial charge >= 0.3 is 0 Å². The molecule has 4 heteroatoms. The molecule has 0 aliphatic carbocycles. The second-order valence-corrected chi connectivity index (χ2v) is 1.89. The van der Waals surface area contributed by atoms with Gasteiger partial charge in [0, 0.05) is 18.8 Å². The van der Waals surface area contributed by atoms with Crippen molar-refractivity contribution >= 4 is 0 Å². The SMILES string of the molecule is OC(F)Cc1cncnc1. The Morgan fingerprint density at radius 2 is 2.10 bits per heavy atom. The van der Waals surface area contributed by atoms with Crippen LogP contribution in [-0.4, -0.2) is 21.4 Å². The molecule has 1 aromatic rings. The minimum Gasteiger partial charge on any atom is -0.364 e. The summed E-state index contributed by atoms with van der Waals surface area (Å²) in [5, 5.41) is 8.28. The molecule has 0 saturated carbocycles. The minimum absolute atomic E-state index is 0.0408. The number of rotatable bonds is 2. The summed E-state index contributed by atoms with van der Waals surface area (Å²) in [4.78, 5) is 7.30. The van der Waals surface area contributed by atoms with Gasteiger partial charge in [0.1, 0.15) is 6.33 Å². The number of hydrogen-bond acceptors (Lipinski definition) is 3. The van der Waals surface area contributed by atoms with Crippen LogP contribution in [0.15, 0.2) is 18.7 Å². The van der Waals surface area contributed by atoms with E-state index in [1.54, 1.807) is 0 Å². The maximum atomic E-state index is 11.9. The second kappa shape index (κ2) is 3.22. The highest BCUT2D eigenvalue weighted by molar-refractivity contribution is 5.02. The zero-order valence-electron chi connectivity index (χ0n) is 5.24. The van der Waals surface area contributed by atoms with Gasteiger partial charge in [-0.1, -0.05) is 0 Å². The lowest BCUT2D eigenvalue weighted by molar-refractivity contribution is 0.0428. The summed E-state index contributed by atoms with van der Waals surface area (Å²) >= 11 is 0. The fraction of sp³-hybridized carbons (Fsp3) is 0.333. The minimum atomic E-state index is -1.81. The van der Waals surface area contributed by atoms with Gasteiger partial charge in [-0.05, 0) is 5.56 Å². The van der Waals surface area contributed by atoms with Crippen LogP contribution in [0.4, 0.5) is 4.39 Å². The Hall–Kier alpha value is -1.03. The number of aliphatic hydroxyl groups is 1. The first kappa shape index (κ1) is 7.08. The van der Waals surface area contributed by atoms with Gasteiger partial charge in [0.25, 0.3) is 0 Å². The van der Waals surface area contributed by atoms with Crippen molar-refractivity contribution in [2.75, 3.05) is 0 Å². The van der Waals surface area contributed by atoms with Crippen LogP contribution in [0, 0.1) is 0 Å². The third-order valence-corrected chi connectivity index (χ3v) is 1.02. The third kappa shape index (κ3) is 2.06. The van der Waals surface area contributed by atoms with Crippen LogP contribution in [0.1, 0.15) is 5.56 Å². The average Bonchev–Trinajstić information content (AvgIpc) is 1.88. The van der Waals surface area contributed by atoms with Crippen molar-refractivity contribution in [3.8, 4) is 0 Å². The standard InChI is InChI=1S/C6H7FN2O/c7-6(10)1-5-2-8-4-9-3-5/h2-4,6,10H,1H2. The van der Waals surface area contributed by atoms with Crippen molar-refractivity contribution in [3.05, 3.63) is 24.3 Å². The van der Waals surface area contributed by atoms with E-state index in [0.29, 0.717) is 5.56 Å². The summed E-state index contributed by atoms with van der Waals surface area (Å²) in [5.41, 5.74) is 0.595. The van der Waals surface area contributed by atoms with E-state index in [4.69, 9.17) is 5.11 Å². The molecular weight excluding hydrogens is 135 g/mol. The molecule has 0 saturated heterocycles. The van der Waals surface area contributed by atoms with E-state index in [9.17, 15) is 4.39 Å². The summed E-state index contributed by atoms with van der Waals surface area (Å²) in [6.45, 7) is 0. The van der Waals surface area contributed by atoms with Gasteiger partial charge in [0.2, 0.25) is 6.36 Å². The Balaban J connectivity index is 2.59. The van der Waals surface area contributed by atoms with Gasteiger partial charge in [-0.3, -0.25) is 0 Å². The Kier molecular flexibility index (Phi) is 2.28. The van der Waals surface area contributed by atoms with Gasteiger partial charge in [-0.15, -0.1) is 0 Å². The highest BCUT2D eigenvalue weighted by Gasteiger charge is 2.00. The molecule has 0 aliphatic rings. The highest BCUT2D eigenvalue weighted by atomic mass is 19.1. The molecule has 0 bridgehead atoms. The molecule has 0 fully saturated rings. The quantitative estimate of drug-likeness (QED) is 0.646. The Morgan fingerprint density at radius 3 is 2.60 bits per heavy atom. The van der Waals surface area contributed by atoms with Crippen LogP contribution >= 0.6 is 0 Å². The van der Waals surface area contributed by atoms with Crippen molar-refractivity contribution in [1.29, 1.82) is 0 Å². The molecule has 54 valence electrons.